The number of fused-ring (bicyclic) bond motifs is 11. The molecule has 2 aliphatic rings. The highest BCUT2D eigenvalue weighted by Crippen LogP contribution is 2.63. The number of benzene rings is 6. The summed E-state index contributed by atoms with van der Waals surface area (Å²) in [4.78, 5) is 10.6. The van der Waals surface area contributed by atoms with Crippen LogP contribution in [-0.4, -0.2) is 14.4 Å². The van der Waals surface area contributed by atoms with Crippen molar-refractivity contribution < 1.29 is 0 Å². The van der Waals surface area contributed by atoms with Gasteiger partial charge in [-0.25, -0.2) is 9.97 Å². The van der Waals surface area contributed by atoms with E-state index in [1.54, 1.807) is 0 Å². The fourth-order valence-corrected chi connectivity index (χ4v) is 8.97. The molecule has 0 radical (unpaired) electrons. The predicted octanol–water partition coefficient (Wildman–Crippen LogP) is 11.7. The van der Waals surface area contributed by atoms with Crippen molar-refractivity contribution in [1.82, 2.24) is 14.4 Å². The molecular formula is C49H31N3. The van der Waals surface area contributed by atoms with Gasteiger partial charge in [0.25, 0.3) is 0 Å². The second-order valence-corrected chi connectivity index (χ2v) is 13.7. The minimum absolute atomic E-state index is 0.393. The van der Waals surface area contributed by atoms with Crippen LogP contribution in [0.2, 0.25) is 0 Å². The van der Waals surface area contributed by atoms with E-state index < -0.39 is 5.41 Å². The van der Waals surface area contributed by atoms with E-state index in [1.807, 2.05) is 6.07 Å². The van der Waals surface area contributed by atoms with Crippen LogP contribution >= 0.6 is 0 Å². The molecule has 0 aliphatic heterocycles. The van der Waals surface area contributed by atoms with Crippen molar-refractivity contribution >= 4 is 5.65 Å². The van der Waals surface area contributed by atoms with Crippen LogP contribution in [0.1, 0.15) is 22.3 Å². The van der Waals surface area contributed by atoms with Crippen LogP contribution in [0.15, 0.2) is 188 Å². The van der Waals surface area contributed by atoms with Gasteiger partial charge >= 0.3 is 0 Å². The van der Waals surface area contributed by atoms with Gasteiger partial charge < -0.3 is 0 Å². The third-order valence-electron chi connectivity index (χ3n) is 11.1. The summed E-state index contributed by atoms with van der Waals surface area (Å²) >= 11 is 0. The second-order valence-electron chi connectivity index (χ2n) is 13.7. The molecule has 242 valence electrons. The van der Waals surface area contributed by atoms with Gasteiger partial charge in [0.2, 0.25) is 0 Å². The first-order valence-electron chi connectivity index (χ1n) is 17.8. The van der Waals surface area contributed by atoms with Gasteiger partial charge in [-0.15, -0.1) is 0 Å². The number of hydrogen-bond acceptors (Lipinski definition) is 2. The predicted molar refractivity (Wildman–Crippen MR) is 211 cm³/mol. The minimum atomic E-state index is -0.393. The monoisotopic (exact) mass is 661 g/mol. The fourth-order valence-electron chi connectivity index (χ4n) is 8.97. The number of rotatable bonds is 4. The molecule has 3 aromatic heterocycles. The van der Waals surface area contributed by atoms with E-state index in [9.17, 15) is 0 Å². The lowest BCUT2D eigenvalue weighted by atomic mass is 9.70. The first-order chi connectivity index (χ1) is 25.8. The van der Waals surface area contributed by atoms with Crippen molar-refractivity contribution in [2.45, 2.75) is 5.41 Å². The Balaban J connectivity index is 1.09. The standard InChI is InChI=1S/C49H31N3/c1-2-15-32(16-3-1)48-47(51-46-27-12-13-30-52(46)48)39-21-5-4-20-38(39)45-26-14-25-44(50-45)33-28-29-37-36-19-8-11-24-42(36)49(43(37)31-33)40-22-9-6-17-34(40)35-18-7-10-23-41(35)49/h1-31H. The van der Waals surface area contributed by atoms with Crippen molar-refractivity contribution in [3.05, 3.63) is 210 Å². The van der Waals surface area contributed by atoms with E-state index in [4.69, 9.17) is 9.97 Å². The lowest BCUT2D eigenvalue weighted by molar-refractivity contribution is 0.794. The molecule has 0 saturated carbocycles. The Morgan fingerprint density at radius 3 is 1.62 bits per heavy atom. The minimum Gasteiger partial charge on any atom is -0.299 e. The number of nitrogens with zero attached hydrogens (tertiary/aromatic N) is 3. The van der Waals surface area contributed by atoms with E-state index >= 15 is 0 Å². The molecule has 1 spiro atoms. The zero-order valence-corrected chi connectivity index (χ0v) is 28.2. The van der Waals surface area contributed by atoms with Crippen molar-refractivity contribution in [3.63, 3.8) is 0 Å². The van der Waals surface area contributed by atoms with Gasteiger partial charge in [-0.1, -0.05) is 152 Å². The highest BCUT2D eigenvalue weighted by molar-refractivity contribution is 5.96. The van der Waals surface area contributed by atoms with E-state index in [0.29, 0.717) is 0 Å². The maximum absolute atomic E-state index is 5.40. The Morgan fingerprint density at radius 2 is 0.923 bits per heavy atom. The molecule has 0 atom stereocenters. The summed E-state index contributed by atoms with van der Waals surface area (Å²) in [5.41, 5.74) is 19.3. The van der Waals surface area contributed by atoms with Crippen LogP contribution in [0, 0.1) is 0 Å². The normalized spacial score (nSPS) is 13.2. The van der Waals surface area contributed by atoms with Crippen LogP contribution in [0.5, 0.6) is 0 Å². The maximum Gasteiger partial charge on any atom is 0.137 e. The molecule has 0 saturated heterocycles. The smallest absolute Gasteiger partial charge is 0.137 e. The topological polar surface area (TPSA) is 30.2 Å². The Kier molecular flexibility index (Phi) is 6.17. The van der Waals surface area contributed by atoms with E-state index in [2.05, 4.69) is 187 Å². The number of aromatic nitrogens is 3. The SMILES string of the molecule is c1ccc(-c2c(-c3ccccc3-c3cccc(-c4ccc5c(c4)C4(c6ccccc6-c6ccccc64)c4ccccc4-5)n3)nc3ccccn23)cc1. The number of pyridine rings is 2. The van der Waals surface area contributed by atoms with Crippen LogP contribution in [0.3, 0.4) is 0 Å². The summed E-state index contributed by atoms with van der Waals surface area (Å²) < 4.78 is 2.18. The molecule has 11 rings (SSSR count). The molecule has 0 amide bonds. The van der Waals surface area contributed by atoms with Crippen molar-refractivity contribution in [3.8, 4) is 67.3 Å². The largest absolute Gasteiger partial charge is 0.299 e. The van der Waals surface area contributed by atoms with Gasteiger partial charge in [0.1, 0.15) is 5.65 Å². The van der Waals surface area contributed by atoms with Crippen LogP contribution in [0.25, 0.3) is 72.9 Å². The zero-order valence-electron chi connectivity index (χ0n) is 28.2. The highest BCUT2D eigenvalue weighted by Gasteiger charge is 2.51. The van der Waals surface area contributed by atoms with Crippen molar-refractivity contribution in [2.75, 3.05) is 0 Å². The van der Waals surface area contributed by atoms with Crippen LogP contribution < -0.4 is 0 Å². The van der Waals surface area contributed by atoms with Gasteiger partial charge in [0.15, 0.2) is 0 Å². The lowest BCUT2D eigenvalue weighted by Crippen LogP contribution is -2.25. The van der Waals surface area contributed by atoms with Crippen molar-refractivity contribution in [1.29, 1.82) is 0 Å². The first-order valence-corrected chi connectivity index (χ1v) is 17.8. The zero-order chi connectivity index (χ0) is 34.2. The lowest BCUT2D eigenvalue weighted by Gasteiger charge is -2.30. The van der Waals surface area contributed by atoms with E-state index in [0.717, 1.165) is 50.7 Å². The van der Waals surface area contributed by atoms with Crippen molar-refractivity contribution in [2.24, 2.45) is 0 Å². The molecule has 6 aromatic carbocycles. The molecule has 0 N–H and O–H groups in total. The summed E-state index contributed by atoms with van der Waals surface area (Å²) in [5.74, 6) is 0. The Bertz CT molecular complexity index is 2800. The van der Waals surface area contributed by atoms with Gasteiger partial charge in [-0.2, -0.15) is 0 Å². The highest BCUT2D eigenvalue weighted by atomic mass is 15.0. The summed E-state index contributed by atoms with van der Waals surface area (Å²) in [7, 11) is 0. The maximum atomic E-state index is 5.40. The summed E-state index contributed by atoms with van der Waals surface area (Å²) in [6, 6.07) is 65.4. The molecule has 0 fully saturated rings. The van der Waals surface area contributed by atoms with Crippen LogP contribution in [0.4, 0.5) is 0 Å². The fraction of sp³-hybridized carbons (Fsp3) is 0.0204. The third kappa shape index (κ3) is 3.96. The van der Waals surface area contributed by atoms with Gasteiger partial charge in [-0.05, 0) is 74.8 Å². The summed E-state index contributed by atoms with van der Waals surface area (Å²) in [5, 5.41) is 0. The molecule has 3 nitrogen and oxygen atoms in total. The average Bonchev–Trinajstić information content (AvgIpc) is 3.86. The van der Waals surface area contributed by atoms with Gasteiger partial charge in [-0.3, -0.25) is 4.40 Å². The average molecular weight is 662 g/mol. The Labute approximate surface area is 302 Å². The summed E-state index contributed by atoms with van der Waals surface area (Å²) in [6.45, 7) is 0. The van der Waals surface area contributed by atoms with E-state index in [1.165, 1.54) is 44.5 Å². The molecule has 2 aliphatic carbocycles. The van der Waals surface area contributed by atoms with Crippen LogP contribution in [-0.2, 0) is 5.41 Å². The van der Waals surface area contributed by atoms with Gasteiger partial charge in [0.05, 0.1) is 28.2 Å². The Hall–Kier alpha value is -6.84. The molecule has 0 bridgehead atoms. The Morgan fingerprint density at radius 1 is 0.365 bits per heavy atom. The number of imidazole rings is 1. The van der Waals surface area contributed by atoms with E-state index in [-0.39, 0.29) is 0 Å². The second kappa shape index (κ2) is 11.1. The molecule has 52 heavy (non-hydrogen) atoms. The molecule has 3 heteroatoms. The molecule has 3 heterocycles. The third-order valence-corrected chi connectivity index (χ3v) is 11.1. The number of hydrogen-bond donors (Lipinski definition) is 0. The quantitative estimate of drug-likeness (QED) is 0.188. The molecule has 0 unspecified atom stereocenters. The summed E-state index contributed by atoms with van der Waals surface area (Å²) in [6.07, 6.45) is 2.09. The first kappa shape index (κ1) is 28.9. The van der Waals surface area contributed by atoms with Gasteiger partial charge in [0, 0.05) is 28.5 Å². The molecule has 9 aromatic rings. The molecular weight excluding hydrogens is 631 g/mol.